The van der Waals surface area contributed by atoms with Crippen molar-refractivity contribution in [2.45, 2.75) is 45.2 Å². The largest absolute Gasteiger partial charge is 0.497 e. The van der Waals surface area contributed by atoms with Crippen LogP contribution < -0.4 is 10.1 Å². The summed E-state index contributed by atoms with van der Waals surface area (Å²) in [7, 11) is 1.58. The Balaban J connectivity index is 1.36. The standard InChI is InChI=1S/C29H33F4N3O3/c1-39-21-4-5-26-23(15-21)22(19(17-30)18-35-26)3-2-6-29(16-27(37)38)7-10-36(11-8-29)12-9-34-20-13-24(31)28(33)25(32)14-20/h4-5,13-15,18,34H,2-3,6-12,16-17H2,1H3,(H,37,38). The number of nitrogens with one attached hydrogen (secondary N) is 1. The molecule has 2 aromatic carbocycles. The molecule has 0 spiro atoms. The van der Waals surface area contributed by atoms with Crippen LogP contribution in [0.15, 0.2) is 36.5 Å². The average molecular weight is 548 g/mol. The number of methoxy groups -OCH3 is 1. The molecule has 2 heterocycles. The van der Waals surface area contributed by atoms with Gasteiger partial charge in [-0.3, -0.25) is 9.78 Å². The third-order valence-electron chi connectivity index (χ3n) is 7.74. The molecular formula is C29H33F4N3O3. The van der Waals surface area contributed by atoms with Gasteiger partial charge in [0, 0.05) is 48.1 Å². The molecule has 10 heteroatoms. The first-order valence-corrected chi connectivity index (χ1v) is 13.1. The van der Waals surface area contributed by atoms with Crippen LogP contribution in [0.5, 0.6) is 5.75 Å². The van der Waals surface area contributed by atoms with Crippen LogP contribution in [-0.4, -0.2) is 54.2 Å². The molecule has 0 unspecified atom stereocenters. The van der Waals surface area contributed by atoms with Gasteiger partial charge in [-0.2, -0.15) is 0 Å². The number of anilines is 1. The monoisotopic (exact) mass is 547 g/mol. The van der Waals surface area contributed by atoms with Gasteiger partial charge < -0.3 is 20.1 Å². The number of aryl methyl sites for hydroxylation is 1. The Morgan fingerprint density at radius 1 is 1.15 bits per heavy atom. The number of pyridine rings is 1. The van der Waals surface area contributed by atoms with Crippen molar-refractivity contribution in [2.24, 2.45) is 5.41 Å². The SMILES string of the molecule is COc1ccc2ncc(CF)c(CCCC3(CC(=O)O)CCN(CCNc4cc(F)c(F)c(F)c4)CC3)c2c1. The molecule has 0 atom stereocenters. The molecule has 0 bridgehead atoms. The lowest BCUT2D eigenvalue weighted by Crippen LogP contribution is -2.43. The quantitative estimate of drug-likeness (QED) is 0.210. The first kappa shape index (κ1) is 28.6. The van der Waals surface area contributed by atoms with Crippen LogP contribution in [0.2, 0.25) is 0 Å². The van der Waals surface area contributed by atoms with Gasteiger partial charge >= 0.3 is 5.97 Å². The summed E-state index contributed by atoms with van der Waals surface area (Å²) in [6.45, 7) is 1.74. The van der Waals surface area contributed by atoms with Gasteiger partial charge in [0.2, 0.25) is 0 Å². The fourth-order valence-corrected chi connectivity index (χ4v) is 5.55. The van der Waals surface area contributed by atoms with Crippen molar-refractivity contribution in [2.75, 3.05) is 38.6 Å². The van der Waals surface area contributed by atoms with E-state index >= 15 is 0 Å². The Hall–Kier alpha value is -3.40. The molecule has 0 saturated carbocycles. The van der Waals surface area contributed by atoms with E-state index in [1.807, 2.05) is 18.2 Å². The highest BCUT2D eigenvalue weighted by atomic mass is 19.2. The summed E-state index contributed by atoms with van der Waals surface area (Å²) >= 11 is 0. The smallest absolute Gasteiger partial charge is 0.303 e. The van der Waals surface area contributed by atoms with Crippen molar-refractivity contribution in [3.8, 4) is 5.75 Å². The Morgan fingerprint density at radius 2 is 1.87 bits per heavy atom. The minimum absolute atomic E-state index is 0.0636. The van der Waals surface area contributed by atoms with Crippen LogP contribution in [0.3, 0.4) is 0 Å². The lowest BCUT2D eigenvalue weighted by molar-refractivity contribution is -0.140. The zero-order valence-corrected chi connectivity index (χ0v) is 21.9. The zero-order valence-electron chi connectivity index (χ0n) is 21.9. The second-order valence-electron chi connectivity index (χ2n) is 10.2. The van der Waals surface area contributed by atoms with Crippen molar-refractivity contribution in [3.05, 3.63) is 65.1 Å². The van der Waals surface area contributed by atoms with Crippen LogP contribution in [0.1, 0.15) is 43.2 Å². The maximum Gasteiger partial charge on any atom is 0.303 e. The van der Waals surface area contributed by atoms with Crippen molar-refractivity contribution in [3.63, 3.8) is 0 Å². The molecule has 2 N–H and O–H groups in total. The van der Waals surface area contributed by atoms with Crippen LogP contribution in [0, 0.1) is 22.9 Å². The molecule has 6 nitrogen and oxygen atoms in total. The number of aliphatic carboxylic acids is 1. The number of likely N-dealkylation sites (tertiary alicyclic amines) is 1. The summed E-state index contributed by atoms with van der Waals surface area (Å²) in [5.74, 6) is -4.16. The molecule has 39 heavy (non-hydrogen) atoms. The third kappa shape index (κ3) is 6.98. The number of piperidine rings is 1. The molecule has 1 saturated heterocycles. The van der Waals surface area contributed by atoms with Crippen molar-refractivity contribution >= 4 is 22.6 Å². The molecule has 0 aliphatic carbocycles. The van der Waals surface area contributed by atoms with E-state index in [4.69, 9.17) is 4.74 Å². The number of rotatable bonds is 12. The summed E-state index contributed by atoms with van der Waals surface area (Å²) in [4.78, 5) is 18.3. The molecule has 1 aliphatic heterocycles. The van der Waals surface area contributed by atoms with E-state index in [1.165, 1.54) is 0 Å². The number of benzene rings is 2. The first-order valence-electron chi connectivity index (χ1n) is 13.1. The molecule has 4 rings (SSSR count). The summed E-state index contributed by atoms with van der Waals surface area (Å²) in [5, 5.41) is 13.4. The maximum absolute atomic E-state index is 13.8. The van der Waals surface area contributed by atoms with Gasteiger partial charge in [0.15, 0.2) is 17.5 Å². The topological polar surface area (TPSA) is 74.7 Å². The van der Waals surface area contributed by atoms with Gasteiger partial charge in [0.1, 0.15) is 12.4 Å². The Kier molecular flexibility index (Phi) is 9.27. The highest BCUT2D eigenvalue weighted by Crippen LogP contribution is 2.40. The number of alkyl halides is 1. The van der Waals surface area contributed by atoms with E-state index in [-0.39, 0.29) is 17.5 Å². The maximum atomic E-state index is 13.8. The van der Waals surface area contributed by atoms with Crippen LogP contribution in [0.25, 0.3) is 10.9 Å². The second kappa shape index (κ2) is 12.6. The van der Waals surface area contributed by atoms with Gasteiger partial charge in [-0.1, -0.05) is 0 Å². The number of hydrogen-bond donors (Lipinski definition) is 2. The molecular weight excluding hydrogens is 514 g/mol. The third-order valence-corrected chi connectivity index (χ3v) is 7.74. The average Bonchev–Trinajstić information content (AvgIpc) is 2.92. The minimum Gasteiger partial charge on any atom is -0.497 e. The number of fused-ring (bicyclic) bond motifs is 1. The Labute approximate surface area is 225 Å². The van der Waals surface area contributed by atoms with Crippen molar-refractivity contribution < 1.29 is 32.2 Å². The van der Waals surface area contributed by atoms with E-state index in [0.29, 0.717) is 69.6 Å². The van der Waals surface area contributed by atoms with Crippen LogP contribution in [-0.2, 0) is 17.9 Å². The van der Waals surface area contributed by atoms with E-state index in [9.17, 15) is 27.5 Å². The summed E-state index contributed by atoms with van der Waals surface area (Å²) < 4.78 is 59.2. The van der Waals surface area contributed by atoms with Gasteiger partial charge in [-0.25, -0.2) is 17.6 Å². The van der Waals surface area contributed by atoms with E-state index in [1.54, 1.807) is 13.3 Å². The van der Waals surface area contributed by atoms with Crippen molar-refractivity contribution in [1.29, 1.82) is 0 Å². The predicted molar refractivity (Wildman–Crippen MR) is 141 cm³/mol. The number of carbonyl (C=O) groups is 1. The Morgan fingerprint density at radius 3 is 2.51 bits per heavy atom. The predicted octanol–water partition coefficient (Wildman–Crippen LogP) is 6.12. The van der Waals surface area contributed by atoms with E-state index < -0.39 is 30.1 Å². The summed E-state index contributed by atoms with van der Waals surface area (Å²) in [6, 6.07) is 7.37. The fraction of sp³-hybridized carbons (Fsp3) is 0.448. The number of carboxylic acid groups (broad SMARTS) is 1. The highest BCUT2D eigenvalue weighted by molar-refractivity contribution is 5.84. The number of halogens is 4. The fourth-order valence-electron chi connectivity index (χ4n) is 5.55. The zero-order chi connectivity index (χ0) is 28.0. The Bertz CT molecular complexity index is 1280. The lowest BCUT2D eigenvalue weighted by Gasteiger charge is -2.41. The molecule has 3 aromatic rings. The van der Waals surface area contributed by atoms with Gasteiger partial charge in [-0.05, 0) is 74.4 Å². The molecule has 1 fully saturated rings. The number of ether oxygens (including phenoxy) is 1. The van der Waals surface area contributed by atoms with E-state index in [0.717, 1.165) is 28.6 Å². The molecule has 210 valence electrons. The summed E-state index contributed by atoms with van der Waals surface area (Å²) in [5.41, 5.74) is 1.97. The van der Waals surface area contributed by atoms with Gasteiger partial charge in [0.05, 0.1) is 19.0 Å². The second-order valence-corrected chi connectivity index (χ2v) is 10.2. The lowest BCUT2D eigenvalue weighted by atomic mass is 9.72. The molecule has 1 aromatic heterocycles. The molecule has 1 aliphatic rings. The minimum atomic E-state index is -1.50. The number of carboxylic acids is 1. The first-order chi connectivity index (χ1) is 18.7. The normalized spacial score (nSPS) is 15.4. The van der Waals surface area contributed by atoms with E-state index in [2.05, 4.69) is 15.2 Å². The van der Waals surface area contributed by atoms with Crippen LogP contribution >= 0.6 is 0 Å². The summed E-state index contributed by atoms with van der Waals surface area (Å²) in [6.07, 6.45) is 5.02. The van der Waals surface area contributed by atoms with Crippen molar-refractivity contribution in [1.82, 2.24) is 9.88 Å². The number of hydrogen-bond acceptors (Lipinski definition) is 5. The van der Waals surface area contributed by atoms with Gasteiger partial charge in [-0.15, -0.1) is 0 Å². The molecule has 0 amide bonds. The molecule has 0 radical (unpaired) electrons. The number of nitrogens with zero attached hydrogens (tertiary/aromatic N) is 2. The number of aromatic nitrogens is 1. The highest BCUT2D eigenvalue weighted by Gasteiger charge is 2.36. The van der Waals surface area contributed by atoms with Gasteiger partial charge in [0.25, 0.3) is 0 Å². The van der Waals surface area contributed by atoms with Crippen LogP contribution in [0.4, 0.5) is 23.2 Å².